The minimum atomic E-state index is -0.654. The lowest BCUT2D eigenvalue weighted by atomic mass is 10.1. The fraction of sp³-hybridized carbons (Fsp3) is 0. The van der Waals surface area contributed by atoms with E-state index in [0.717, 1.165) is 0 Å². The molecule has 68 valence electrons. The Balaban J connectivity index is 3.50. The van der Waals surface area contributed by atoms with Crippen LogP contribution in [-0.2, 0) is 0 Å². The largest absolute Gasteiger partial charge is 0.506 e. The molecule has 4 nitrogen and oxygen atoms in total. The lowest BCUT2D eigenvalue weighted by Crippen LogP contribution is -1.92. The number of nitrogens with zero attached hydrogens (tertiary/aromatic N) is 1. The first-order chi connectivity index (χ1) is 6.07. The summed E-state index contributed by atoms with van der Waals surface area (Å²) in [4.78, 5) is 9.86. The van der Waals surface area contributed by atoms with Gasteiger partial charge in [-0.05, 0) is 12.1 Å². The molecular formula is C8H6ClNO3. The van der Waals surface area contributed by atoms with Crippen molar-refractivity contribution in [3.63, 3.8) is 0 Å². The molecule has 0 radical (unpaired) electrons. The molecule has 1 aromatic rings. The van der Waals surface area contributed by atoms with Crippen LogP contribution in [-0.4, -0.2) is 10.0 Å². The van der Waals surface area contributed by atoms with Crippen molar-refractivity contribution in [2.45, 2.75) is 0 Å². The molecule has 0 unspecified atom stereocenters. The van der Waals surface area contributed by atoms with Crippen molar-refractivity contribution in [3.8, 4) is 5.75 Å². The van der Waals surface area contributed by atoms with Crippen LogP contribution in [0.1, 0.15) is 5.56 Å². The minimum Gasteiger partial charge on any atom is -0.506 e. The highest BCUT2D eigenvalue weighted by Gasteiger charge is 2.19. The lowest BCUT2D eigenvalue weighted by Gasteiger charge is -2.00. The van der Waals surface area contributed by atoms with Gasteiger partial charge in [0.1, 0.15) is 5.75 Å². The minimum absolute atomic E-state index is 0.262. The van der Waals surface area contributed by atoms with Gasteiger partial charge in [0.15, 0.2) is 5.02 Å². The highest BCUT2D eigenvalue weighted by molar-refractivity contribution is 6.34. The zero-order valence-corrected chi connectivity index (χ0v) is 7.28. The molecule has 0 aliphatic rings. The topological polar surface area (TPSA) is 63.4 Å². The van der Waals surface area contributed by atoms with Gasteiger partial charge < -0.3 is 5.11 Å². The number of hydrogen-bond acceptors (Lipinski definition) is 3. The number of benzene rings is 1. The normalized spacial score (nSPS) is 9.62. The van der Waals surface area contributed by atoms with Gasteiger partial charge in [-0.25, -0.2) is 0 Å². The average Bonchev–Trinajstić information content (AvgIpc) is 2.08. The summed E-state index contributed by atoms with van der Waals surface area (Å²) in [6.07, 6.45) is 1.31. The molecule has 1 rings (SSSR count). The molecule has 0 aliphatic heterocycles. The lowest BCUT2D eigenvalue weighted by molar-refractivity contribution is -0.385. The van der Waals surface area contributed by atoms with Crippen LogP contribution in [0.15, 0.2) is 18.7 Å². The summed E-state index contributed by atoms with van der Waals surface area (Å²) in [5.41, 5.74) is -0.0375. The SMILES string of the molecule is C=Cc1ccc(O)c(Cl)c1[N+](=O)[O-]. The Labute approximate surface area is 79.2 Å². The Bertz CT molecular complexity index is 376. The number of phenolic OH excluding ortho intramolecular Hbond substituents is 1. The summed E-state index contributed by atoms with van der Waals surface area (Å²) < 4.78 is 0. The van der Waals surface area contributed by atoms with Crippen molar-refractivity contribution in [2.75, 3.05) is 0 Å². The van der Waals surface area contributed by atoms with Crippen molar-refractivity contribution in [2.24, 2.45) is 0 Å². The zero-order chi connectivity index (χ0) is 10.0. The predicted molar refractivity (Wildman–Crippen MR) is 49.9 cm³/mol. The molecule has 0 aromatic heterocycles. The van der Waals surface area contributed by atoms with Crippen molar-refractivity contribution in [3.05, 3.63) is 39.4 Å². The molecule has 0 spiro atoms. The maximum Gasteiger partial charge on any atom is 0.298 e. The summed E-state index contributed by atoms with van der Waals surface area (Å²) in [7, 11) is 0. The van der Waals surface area contributed by atoms with Crippen LogP contribution in [0.5, 0.6) is 5.75 Å². The first-order valence-electron chi connectivity index (χ1n) is 3.36. The predicted octanol–water partition coefficient (Wildman–Crippen LogP) is 2.60. The van der Waals surface area contributed by atoms with Gasteiger partial charge >= 0.3 is 0 Å². The molecule has 0 aliphatic carbocycles. The standard InChI is InChI=1S/C8H6ClNO3/c1-2-5-3-4-6(11)7(9)8(5)10(12)13/h2-4,11H,1H2. The van der Waals surface area contributed by atoms with Crippen LogP contribution in [0.25, 0.3) is 6.08 Å². The third-order valence-corrected chi connectivity index (χ3v) is 1.90. The maximum atomic E-state index is 10.5. The summed E-state index contributed by atoms with van der Waals surface area (Å²) in [5.74, 6) is -0.307. The van der Waals surface area contributed by atoms with Gasteiger partial charge in [0.05, 0.1) is 10.5 Å². The van der Waals surface area contributed by atoms with E-state index in [2.05, 4.69) is 6.58 Å². The van der Waals surface area contributed by atoms with Gasteiger partial charge in [0.25, 0.3) is 5.69 Å². The molecule has 13 heavy (non-hydrogen) atoms. The maximum absolute atomic E-state index is 10.5. The van der Waals surface area contributed by atoms with E-state index in [4.69, 9.17) is 16.7 Å². The summed E-state index contributed by atoms with van der Waals surface area (Å²) in [6.45, 7) is 3.40. The number of aromatic hydroxyl groups is 1. The highest BCUT2D eigenvalue weighted by Crippen LogP contribution is 2.36. The van der Waals surface area contributed by atoms with E-state index >= 15 is 0 Å². The molecular weight excluding hydrogens is 194 g/mol. The van der Waals surface area contributed by atoms with Gasteiger partial charge in [-0.2, -0.15) is 0 Å². The third kappa shape index (κ3) is 1.62. The second kappa shape index (κ2) is 3.45. The molecule has 0 atom stereocenters. The van der Waals surface area contributed by atoms with E-state index in [0.29, 0.717) is 0 Å². The van der Waals surface area contributed by atoms with Gasteiger partial charge in [0.2, 0.25) is 0 Å². The van der Waals surface area contributed by atoms with Crippen molar-refractivity contribution >= 4 is 23.4 Å². The summed E-state index contributed by atoms with van der Waals surface area (Å²) >= 11 is 5.53. The van der Waals surface area contributed by atoms with Gasteiger partial charge in [-0.1, -0.05) is 24.3 Å². The highest BCUT2D eigenvalue weighted by atomic mass is 35.5. The van der Waals surface area contributed by atoms with Crippen LogP contribution < -0.4 is 0 Å². The van der Waals surface area contributed by atoms with E-state index < -0.39 is 4.92 Å². The van der Waals surface area contributed by atoms with Gasteiger partial charge in [-0.15, -0.1) is 0 Å². The Morgan fingerprint density at radius 1 is 1.62 bits per heavy atom. The number of hydrogen-bond donors (Lipinski definition) is 1. The molecule has 1 N–H and O–H groups in total. The van der Waals surface area contributed by atoms with Crippen molar-refractivity contribution < 1.29 is 10.0 Å². The Morgan fingerprint density at radius 2 is 2.23 bits per heavy atom. The molecule has 0 saturated carbocycles. The van der Waals surface area contributed by atoms with Crippen LogP contribution in [0.4, 0.5) is 5.69 Å². The molecule has 1 aromatic carbocycles. The molecule has 5 heteroatoms. The van der Waals surface area contributed by atoms with E-state index in [-0.39, 0.29) is 22.0 Å². The van der Waals surface area contributed by atoms with E-state index in [1.807, 2.05) is 0 Å². The smallest absolute Gasteiger partial charge is 0.298 e. The Kier molecular flexibility index (Phi) is 2.53. The van der Waals surface area contributed by atoms with Gasteiger partial charge in [0, 0.05) is 0 Å². The fourth-order valence-electron chi connectivity index (χ4n) is 0.919. The molecule has 0 fully saturated rings. The van der Waals surface area contributed by atoms with E-state index in [1.165, 1.54) is 18.2 Å². The molecule has 0 bridgehead atoms. The molecule has 0 saturated heterocycles. The van der Waals surface area contributed by atoms with Crippen LogP contribution in [0, 0.1) is 10.1 Å². The van der Waals surface area contributed by atoms with Crippen LogP contribution in [0.2, 0.25) is 5.02 Å². The molecule has 0 amide bonds. The van der Waals surface area contributed by atoms with Gasteiger partial charge in [-0.3, -0.25) is 10.1 Å². The number of phenols is 1. The number of halogens is 1. The fourth-order valence-corrected chi connectivity index (χ4v) is 1.16. The second-order valence-corrected chi connectivity index (χ2v) is 2.68. The first kappa shape index (κ1) is 9.54. The second-order valence-electron chi connectivity index (χ2n) is 2.30. The Hall–Kier alpha value is -1.55. The van der Waals surface area contributed by atoms with Crippen LogP contribution >= 0.6 is 11.6 Å². The summed E-state index contributed by atoms with van der Waals surface area (Å²) in [5, 5.41) is 19.4. The molecule has 0 heterocycles. The average molecular weight is 200 g/mol. The van der Waals surface area contributed by atoms with E-state index in [9.17, 15) is 10.1 Å². The van der Waals surface area contributed by atoms with E-state index in [1.54, 1.807) is 0 Å². The first-order valence-corrected chi connectivity index (χ1v) is 3.74. The number of nitro groups is 1. The van der Waals surface area contributed by atoms with Crippen molar-refractivity contribution in [1.82, 2.24) is 0 Å². The monoisotopic (exact) mass is 199 g/mol. The third-order valence-electron chi connectivity index (χ3n) is 1.53. The quantitative estimate of drug-likeness (QED) is 0.588. The van der Waals surface area contributed by atoms with Crippen LogP contribution in [0.3, 0.4) is 0 Å². The number of rotatable bonds is 2. The zero-order valence-electron chi connectivity index (χ0n) is 6.53. The number of nitro benzene ring substituents is 1. The Morgan fingerprint density at radius 3 is 2.69 bits per heavy atom. The van der Waals surface area contributed by atoms with Crippen molar-refractivity contribution in [1.29, 1.82) is 0 Å². The summed E-state index contributed by atoms with van der Waals surface area (Å²) in [6, 6.07) is 2.67.